The van der Waals surface area contributed by atoms with E-state index in [2.05, 4.69) is 4.98 Å². The fourth-order valence-electron chi connectivity index (χ4n) is 1.40. The van der Waals surface area contributed by atoms with Crippen molar-refractivity contribution in [2.75, 3.05) is 13.6 Å². The Labute approximate surface area is 112 Å². The van der Waals surface area contributed by atoms with E-state index in [4.69, 9.17) is 9.84 Å². The Bertz CT molecular complexity index is 460. The van der Waals surface area contributed by atoms with E-state index in [1.807, 2.05) is 13.8 Å². The third-order valence-electron chi connectivity index (χ3n) is 2.31. The van der Waals surface area contributed by atoms with Crippen LogP contribution < -0.4 is 4.74 Å². The standard InChI is InChI=1S/C13H18N2O4/c1-9(2)19-11-6-4-5-10(14-11)13(18)15(3)8-7-12(16)17/h4-6,9H,7-8H2,1-3H3,(H,16,17). The van der Waals surface area contributed by atoms with Gasteiger partial charge >= 0.3 is 5.97 Å². The number of amides is 1. The van der Waals surface area contributed by atoms with Gasteiger partial charge in [-0.25, -0.2) is 4.98 Å². The van der Waals surface area contributed by atoms with Gasteiger partial charge in [-0.05, 0) is 19.9 Å². The van der Waals surface area contributed by atoms with Gasteiger partial charge in [0.2, 0.25) is 5.88 Å². The Morgan fingerprint density at radius 2 is 2.11 bits per heavy atom. The van der Waals surface area contributed by atoms with Crippen molar-refractivity contribution >= 4 is 11.9 Å². The number of nitrogens with zero attached hydrogens (tertiary/aromatic N) is 2. The molecule has 1 N–H and O–H groups in total. The lowest BCUT2D eigenvalue weighted by atomic mass is 10.3. The summed E-state index contributed by atoms with van der Waals surface area (Å²) in [5.41, 5.74) is 0.242. The highest BCUT2D eigenvalue weighted by atomic mass is 16.5. The van der Waals surface area contributed by atoms with Gasteiger partial charge in [-0.15, -0.1) is 0 Å². The van der Waals surface area contributed by atoms with Crippen molar-refractivity contribution in [1.29, 1.82) is 0 Å². The molecule has 6 nitrogen and oxygen atoms in total. The number of ether oxygens (including phenoxy) is 1. The van der Waals surface area contributed by atoms with Crippen molar-refractivity contribution in [3.05, 3.63) is 23.9 Å². The first-order valence-electron chi connectivity index (χ1n) is 6.01. The van der Waals surface area contributed by atoms with Gasteiger partial charge in [0.05, 0.1) is 12.5 Å². The Morgan fingerprint density at radius 1 is 1.42 bits per heavy atom. The van der Waals surface area contributed by atoms with Gasteiger partial charge in [0.15, 0.2) is 0 Å². The molecule has 0 aliphatic heterocycles. The molecule has 0 aliphatic rings. The Morgan fingerprint density at radius 3 is 2.68 bits per heavy atom. The normalized spacial score (nSPS) is 10.3. The summed E-state index contributed by atoms with van der Waals surface area (Å²) in [5, 5.41) is 8.58. The second-order valence-corrected chi connectivity index (χ2v) is 4.40. The molecule has 104 valence electrons. The molecular weight excluding hydrogens is 248 g/mol. The Kier molecular flexibility index (Phi) is 5.29. The summed E-state index contributed by atoms with van der Waals surface area (Å²) in [6.45, 7) is 3.88. The Balaban J connectivity index is 2.73. The lowest BCUT2D eigenvalue weighted by molar-refractivity contribution is -0.137. The molecule has 1 rings (SSSR count). The van der Waals surface area contributed by atoms with Crippen LogP contribution in [0.25, 0.3) is 0 Å². The van der Waals surface area contributed by atoms with Crippen LogP contribution in [-0.2, 0) is 4.79 Å². The van der Waals surface area contributed by atoms with E-state index in [0.29, 0.717) is 5.88 Å². The molecule has 0 bridgehead atoms. The first kappa shape index (κ1) is 14.9. The summed E-state index contributed by atoms with van der Waals surface area (Å²) in [4.78, 5) is 27.9. The summed E-state index contributed by atoms with van der Waals surface area (Å²) >= 11 is 0. The van der Waals surface area contributed by atoms with Crippen molar-refractivity contribution < 1.29 is 19.4 Å². The van der Waals surface area contributed by atoms with Crippen molar-refractivity contribution in [2.45, 2.75) is 26.4 Å². The molecule has 0 unspecified atom stereocenters. The number of carboxylic acid groups (broad SMARTS) is 1. The smallest absolute Gasteiger partial charge is 0.305 e. The minimum Gasteiger partial charge on any atom is -0.481 e. The summed E-state index contributed by atoms with van der Waals surface area (Å²) < 4.78 is 5.41. The quantitative estimate of drug-likeness (QED) is 0.842. The van der Waals surface area contributed by atoms with E-state index in [1.54, 1.807) is 25.2 Å². The summed E-state index contributed by atoms with van der Waals surface area (Å²) in [6.07, 6.45) is -0.118. The van der Waals surface area contributed by atoms with Gasteiger partial charge in [-0.1, -0.05) is 6.07 Å². The van der Waals surface area contributed by atoms with Gasteiger partial charge in [-0.2, -0.15) is 0 Å². The fourth-order valence-corrected chi connectivity index (χ4v) is 1.40. The number of aromatic nitrogens is 1. The molecule has 0 saturated carbocycles. The van der Waals surface area contributed by atoms with Gasteiger partial charge in [0.1, 0.15) is 5.69 Å². The van der Waals surface area contributed by atoms with Gasteiger partial charge < -0.3 is 14.7 Å². The molecule has 0 fully saturated rings. The number of hydrogen-bond acceptors (Lipinski definition) is 4. The lowest BCUT2D eigenvalue weighted by Gasteiger charge is -2.16. The van der Waals surface area contributed by atoms with Crippen molar-refractivity contribution in [1.82, 2.24) is 9.88 Å². The first-order chi connectivity index (χ1) is 8.90. The van der Waals surface area contributed by atoms with E-state index < -0.39 is 5.97 Å². The second-order valence-electron chi connectivity index (χ2n) is 4.40. The van der Waals surface area contributed by atoms with E-state index in [-0.39, 0.29) is 30.7 Å². The predicted molar refractivity (Wildman–Crippen MR) is 69.2 cm³/mol. The maximum Gasteiger partial charge on any atom is 0.305 e. The highest BCUT2D eigenvalue weighted by Gasteiger charge is 2.15. The molecule has 1 heterocycles. The second kappa shape index (κ2) is 6.72. The topological polar surface area (TPSA) is 79.7 Å². The predicted octanol–water partition coefficient (Wildman–Crippen LogP) is 1.42. The third kappa shape index (κ3) is 4.95. The van der Waals surface area contributed by atoms with Crippen LogP contribution in [0.15, 0.2) is 18.2 Å². The van der Waals surface area contributed by atoms with Crippen LogP contribution in [0, 0.1) is 0 Å². The molecule has 0 saturated heterocycles. The lowest BCUT2D eigenvalue weighted by Crippen LogP contribution is -2.29. The fraction of sp³-hybridized carbons (Fsp3) is 0.462. The number of rotatable bonds is 6. The average Bonchev–Trinajstić information content (AvgIpc) is 2.34. The summed E-state index contributed by atoms with van der Waals surface area (Å²) in [7, 11) is 1.54. The van der Waals surface area contributed by atoms with Crippen LogP contribution in [0.5, 0.6) is 5.88 Å². The molecule has 0 aliphatic carbocycles. The number of carbonyl (C=O) groups excluding carboxylic acids is 1. The van der Waals surface area contributed by atoms with E-state index >= 15 is 0 Å². The average molecular weight is 266 g/mol. The maximum absolute atomic E-state index is 12.0. The van der Waals surface area contributed by atoms with E-state index in [9.17, 15) is 9.59 Å². The molecule has 1 aromatic heterocycles. The van der Waals surface area contributed by atoms with Crippen LogP contribution in [-0.4, -0.2) is 46.6 Å². The molecule has 1 aromatic rings. The SMILES string of the molecule is CC(C)Oc1cccc(C(=O)N(C)CCC(=O)O)n1. The number of carboxylic acids is 1. The maximum atomic E-state index is 12.0. The van der Waals surface area contributed by atoms with Crippen LogP contribution in [0.2, 0.25) is 0 Å². The zero-order chi connectivity index (χ0) is 14.4. The van der Waals surface area contributed by atoms with Crippen molar-refractivity contribution in [3.63, 3.8) is 0 Å². The van der Waals surface area contributed by atoms with Crippen LogP contribution in [0.1, 0.15) is 30.8 Å². The molecular formula is C13H18N2O4. The van der Waals surface area contributed by atoms with E-state index in [0.717, 1.165) is 0 Å². The monoisotopic (exact) mass is 266 g/mol. The minimum atomic E-state index is -0.940. The molecule has 0 spiro atoms. The highest BCUT2D eigenvalue weighted by Crippen LogP contribution is 2.11. The summed E-state index contributed by atoms with van der Waals surface area (Å²) in [5.74, 6) is -0.882. The zero-order valence-electron chi connectivity index (χ0n) is 11.3. The van der Waals surface area contributed by atoms with E-state index in [1.165, 1.54) is 4.90 Å². The highest BCUT2D eigenvalue weighted by molar-refractivity contribution is 5.92. The molecule has 1 amide bonds. The summed E-state index contributed by atoms with van der Waals surface area (Å²) in [6, 6.07) is 4.93. The number of pyridine rings is 1. The van der Waals surface area contributed by atoms with Crippen molar-refractivity contribution in [3.8, 4) is 5.88 Å². The zero-order valence-corrected chi connectivity index (χ0v) is 11.3. The van der Waals surface area contributed by atoms with Gasteiger partial charge in [-0.3, -0.25) is 9.59 Å². The van der Waals surface area contributed by atoms with Crippen LogP contribution in [0.3, 0.4) is 0 Å². The number of carbonyl (C=O) groups is 2. The van der Waals surface area contributed by atoms with Gasteiger partial charge in [0.25, 0.3) is 5.91 Å². The van der Waals surface area contributed by atoms with Crippen molar-refractivity contribution in [2.24, 2.45) is 0 Å². The van der Waals surface area contributed by atoms with Crippen LogP contribution in [0.4, 0.5) is 0 Å². The number of aliphatic carboxylic acids is 1. The molecule has 19 heavy (non-hydrogen) atoms. The third-order valence-corrected chi connectivity index (χ3v) is 2.31. The largest absolute Gasteiger partial charge is 0.481 e. The number of hydrogen-bond donors (Lipinski definition) is 1. The molecule has 0 atom stereocenters. The minimum absolute atomic E-state index is 0.0254. The van der Waals surface area contributed by atoms with Crippen LogP contribution >= 0.6 is 0 Å². The van der Waals surface area contributed by atoms with Gasteiger partial charge in [0, 0.05) is 19.7 Å². The Hall–Kier alpha value is -2.11. The first-order valence-corrected chi connectivity index (χ1v) is 6.01. The molecule has 0 radical (unpaired) electrons. The molecule has 6 heteroatoms. The molecule has 0 aromatic carbocycles.